The molecule has 1 aromatic carbocycles. The van der Waals surface area contributed by atoms with Crippen molar-refractivity contribution in [2.45, 2.75) is 0 Å². The van der Waals surface area contributed by atoms with Gasteiger partial charge in [0.05, 0.1) is 18.4 Å². The average Bonchev–Trinajstić information content (AvgIpc) is 2.46. The number of anilines is 1. The first-order valence-electron chi connectivity index (χ1n) is 6.08. The second kappa shape index (κ2) is 5.67. The number of nitriles is 1. The van der Waals surface area contributed by atoms with Crippen LogP contribution in [-0.4, -0.2) is 45.2 Å². The number of piperazine rings is 1. The fourth-order valence-corrected chi connectivity index (χ4v) is 2.19. The van der Waals surface area contributed by atoms with E-state index >= 15 is 0 Å². The summed E-state index contributed by atoms with van der Waals surface area (Å²) in [5, 5.41) is 12.1. The molecule has 6 heteroatoms. The highest BCUT2D eigenvalue weighted by Gasteiger charge is 2.19. The van der Waals surface area contributed by atoms with Crippen LogP contribution >= 0.6 is 0 Å². The van der Waals surface area contributed by atoms with Gasteiger partial charge in [-0.3, -0.25) is 0 Å². The molecule has 1 aliphatic heterocycles. The Morgan fingerprint density at radius 2 is 2.00 bits per heavy atom. The lowest BCUT2D eigenvalue weighted by atomic mass is 10.1. The minimum absolute atomic E-state index is 0.164. The lowest BCUT2D eigenvalue weighted by molar-refractivity contribution is 0.312. The molecule has 0 N–H and O–H groups in total. The largest absolute Gasteiger partial charge is 0.494 e. The molecule has 0 aromatic heterocycles. The van der Waals surface area contributed by atoms with E-state index in [1.807, 2.05) is 0 Å². The van der Waals surface area contributed by atoms with Gasteiger partial charge in [-0.15, -0.1) is 4.91 Å². The summed E-state index contributed by atoms with van der Waals surface area (Å²) in [7, 11) is 3.56. The Hall–Kier alpha value is -2.13. The number of methoxy groups -OCH3 is 1. The van der Waals surface area contributed by atoms with Gasteiger partial charge in [-0.25, -0.2) is 0 Å². The molecule has 1 fully saturated rings. The van der Waals surface area contributed by atoms with E-state index < -0.39 is 0 Å². The predicted molar refractivity (Wildman–Crippen MR) is 72.9 cm³/mol. The smallest absolute Gasteiger partial charge is 0.151 e. The molecule has 0 radical (unpaired) electrons. The molecule has 6 nitrogen and oxygen atoms in total. The summed E-state index contributed by atoms with van der Waals surface area (Å²) >= 11 is 0. The zero-order valence-corrected chi connectivity index (χ0v) is 11.1. The third-order valence-corrected chi connectivity index (χ3v) is 3.36. The molecule has 1 heterocycles. The molecule has 1 aromatic rings. The van der Waals surface area contributed by atoms with Crippen molar-refractivity contribution in [3.63, 3.8) is 0 Å². The molecular formula is C13H16N4O2. The van der Waals surface area contributed by atoms with E-state index in [0.717, 1.165) is 31.9 Å². The number of rotatable bonds is 3. The molecular weight excluding hydrogens is 244 g/mol. The van der Waals surface area contributed by atoms with Crippen molar-refractivity contribution in [2.75, 3.05) is 45.2 Å². The van der Waals surface area contributed by atoms with Gasteiger partial charge in [0.15, 0.2) is 5.69 Å². The van der Waals surface area contributed by atoms with Crippen LogP contribution in [0.4, 0.5) is 11.4 Å². The second-order valence-corrected chi connectivity index (χ2v) is 4.53. The van der Waals surface area contributed by atoms with Crippen molar-refractivity contribution >= 4 is 11.4 Å². The third kappa shape index (κ3) is 2.66. The molecule has 1 saturated heterocycles. The quantitative estimate of drug-likeness (QED) is 0.774. The fraction of sp³-hybridized carbons (Fsp3) is 0.462. The first-order chi connectivity index (χ1) is 9.19. The van der Waals surface area contributed by atoms with Crippen LogP contribution in [0, 0.1) is 16.2 Å². The maximum absolute atomic E-state index is 10.7. The van der Waals surface area contributed by atoms with Gasteiger partial charge in [0.1, 0.15) is 11.8 Å². The number of likely N-dealkylation sites (N-methyl/N-ethyl adjacent to an activating group) is 1. The van der Waals surface area contributed by atoms with Crippen molar-refractivity contribution < 1.29 is 4.74 Å². The third-order valence-electron chi connectivity index (χ3n) is 3.36. The van der Waals surface area contributed by atoms with E-state index in [1.165, 1.54) is 13.2 Å². The molecule has 0 saturated carbocycles. The summed E-state index contributed by atoms with van der Waals surface area (Å²) in [5.41, 5.74) is 1.43. The summed E-state index contributed by atoms with van der Waals surface area (Å²) in [6.07, 6.45) is 0. The molecule has 1 aliphatic rings. The van der Waals surface area contributed by atoms with E-state index in [4.69, 9.17) is 4.74 Å². The zero-order chi connectivity index (χ0) is 13.8. The molecule has 2 rings (SSSR count). The van der Waals surface area contributed by atoms with Gasteiger partial charge in [-0.2, -0.15) is 5.26 Å². The Kier molecular flexibility index (Phi) is 3.97. The van der Waals surface area contributed by atoms with E-state index in [9.17, 15) is 10.2 Å². The number of nitrogens with zero attached hydrogens (tertiary/aromatic N) is 4. The molecule has 0 atom stereocenters. The van der Waals surface area contributed by atoms with E-state index in [2.05, 4.69) is 28.1 Å². The average molecular weight is 260 g/mol. The summed E-state index contributed by atoms with van der Waals surface area (Å²) in [5.74, 6) is 0.405. The highest BCUT2D eigenvalue weighted by Crippen LogP contribution is 2.35. The minimum atomic E-state index is 0.164. The highest BCUT2D eigenvalue weighted by molar-refractivity contribution is 5.70. The van der Waals surface area contributed by atoms with Crippen LogP contribution in [0.3, 0.4) is 0 Å². The van der Waals surface area contributed by atoms with E-state index in [-0.39, 0.29) is 5.69 Å². The summed E-state index contributed by atoms with van der Waals surface area (Å²) in [6.45, 7) is 3.59. The van der Waals surface area contributed by atoms with Crippen LogP contribution in [0.1, 0.15) is 5.56 Å². The Bertz CT molecular complexity index is 516. The highest BCUT2D eigenvalue weighted by atomic mass is 16.5. The molecule has 0 aliphatic carbocycles. The van der Waals surface area contributed by atoms with Crippen molar-refractivity contribution in [1.29, 1.82) is 5.26 Å². The number of nitroso groups, excluding NO2 is 1. The first-order valence-corrected chi connectivity index (χ1v) is 6.08. The Morgan fingerprint density at radius 1 is 1.32 bits per heavy atom. The summed E-state index contributed by atoms with van der Waals surface area (Å²) in [4.78, 5) is 15.1. The monoisotopic (exact) mass is 260 g/mol. The first kappa shape index (κ1) is 13.3. The van der Waals surface area contributed by atoms with Crippen molar-refractivity contribution in [1.82, 2.24) is 4.90 Å². The maximum atomic E-state index is 10.7. The number of benzene rings is 1. The summed E-state index contributed by atoms with van der Waals surface area (Å²) < 4.78 is 5.15. The van der Waals surface area contributed by atoms with Gasteiger partial charge < -0.3 is 14.5 Å². The second-order valence-electron chi connectivity index (χ2n) is 4.53. The molecule has 0 unspecified atom stereocenters. The van der Waals surface area contributed by atoms with Crippen LogP contribution in [0.2, 0.25) is 0 Å². The van der Waals surface area contributed by atoms with Gasteiger partial charge in [0.25, 0.3) is 0 Å². The van der Waals surface area contributed by atoms with Crippen molar-refractivity contribution in [3.8, 4) is 11.8 Å². The standard InChI is InChI=1S/C13H16N4O2/c1-16-3-5-17(6-4-16)12-8-13(19-2)11(15-18)7-10(12)9-14/h7-8H,3-6H2,1-2H3. The Morgan fingerprint density at radius 3 is 2.53 bits per heavy atom. The van der Waals surface area contributed by atoms with Crippen LogP contribution in [-0.2, 0) is 0 Å². The maximum Gasteiger partial charge on any atom is 0.151 e. The van der Waals surface area contributed by atoms with Crippen LogP contribution in [0.5, 0.6) is 5.75 Å². The topological polar surface area (TPSA) is 68.9 Å². The van der Waals surface area contributed by atoms with Crippen molar-refractivity contribution in [3.05, 3.63) is 22.6 Å². The van der Waals surface area contributed by atoms with Gasteiger partial charge in [-0.05, 0) is 18.3 Å². The van der Waals surface area contributed by atoms with Gasteiger partial charge >= 0.3 is 0 Å². The Labute approximate surface area is 112 Å². The van der Waals surface area contributed by atoms with E-state index in [1.54, 1.807) is 6.07 Å². The van der Waals surface area contributed by atoms with E-state index in [0.29, 0.717) is 11.3 Å². The SMILES string of the molecule is COc1cc(N2CCN(C)CC2)c(C#N)cc1N=O. The normalized spacial score (nSPS) is 15.9. The van der Waals surface area contributed by atoms with Crippen LogP contribution in [0.15, 0.2) is 17.3 Å². The Balaban J connectivity index is 2.39. The zero-order valence-electron chi connectivity index (χ0n) is 11.1. The lowest BCUT2D eigenvalue weighted by Crippen LogP contribution is -2.44. The van der Waals surface area contributed by atoms with Crippen LogP contribution < -0.4 is 9.64 Å². The number of hydrogen-bond donors (Lipinski definition) is 0. The molecule has 0 bridgehead atoms. The molecule has 100 valence electrons. The fourth-order valence-electron chi connectivity index (χ4n) is 2.19. The minimum Gasteiger partial charge on any atom is -0.494 e. The van der Waals surface area contributed by atoms with Gasteiger partial charge in [0.2, 0.25) is 0 Å². The van der Waals surface area contributed by atoms with Gasteiger partial charge in [-0.1, -0.05) is 0 Å². The molecule has 0 spiro atoms. The van der Waals surface area contributed by atoms with Crippen LogP contribution in [0.25, 0.3) is 0 Å². The molecule has 0 amide bonds. The predicted octanol–water partition coefficient (Wildman–Crippen LogP) is 1.72. The van der Waals surface area contributed by atoms with Crippen molar-refractivity contribution in [2.24, 2.45) is 5.18 Å². The number of hydrogen-bond acceptors (Lipinski definition) is 6. The number of ether oxygens (including phenoxy) is 1. The summed E-state index contributed by atoms with van der Waals surface area (Å²) in [6, 6.07) is 5.33. The lowest BCUT2D eigenvalue weighted by Gasteiger charge is -2.34. The van der Waals surface area contributed by atoms with Gasteiger partial charge in [0, 0.05) is 32.2 Å². The molecule has 19 heavy (non-hydrogen) atoms.